The Morgan fingerprint density at radius 3 is 2.81 bits per heavy atom. The number of rotatable bonds is 2. The highest BCUT2D eigenvalue weighted by Gasteiger charge is 2.40. The summed E-state index contributed by atoms with van der Waals surface area (Å²) in [5.41, 5.74) is 3.75. The number of anilines is 2. The van der Waals surface area contributed by atoms with Gasteiger partial charge in [-0.1, -0.05) is 37.3 Å². The van der Waals surface area contributed by atoms with Crippen LogP contribution in [-0.4, -0.2) is 34.9 Å². The first-order valence-electron chi connectivity index (χ1n) is 9.72. The van der Waals surface area contributed by atoms with Gasteiger partial charge in [0, 0.05) is 25.2 Å². The van der Waals surface area contributed by atoms with E-state index in [2.05, 4.69) is 24.0 Å². The lowest BCUT2D eigenvalue weighted by atomic mass is 9.99. The molecule has 1 fully saturated rings. The van der Waals surface area contributed by atoms with Crippen molar-refractivity contribution in [3.8, 4) is 0 Å². The molecule has 0 bridgehead atoms. The van der Waals surface area contributed by atoms with Crippen LogP contribution in [0.4, 0.5) is 11.7 Å². The molecule has 1 saturated heterocycles. The van der Waals surface area contributed by atoms with Crippen LogP contribution in [-0.2, 0) is 11.2 Å². The summed E-state index contributed by atoms with van der Waals surface area (Å²) >= 11 is 0. The molecule has 2 aliphatic rings. The number of amides is 1. The largest absolute Gasteiger partial charge is 0.423 e. The molecule has 1 aromatic heterocycles. The van der Waals surface area contributed by atoms with E-state index in [9.17, 15) is 4.79 Å². The molecular weight excluding hydrogens is 338 g/mol. The Hall–Kier alpha value is -2.82. The molecule has 0 spiro atoms. The van der Waals surface area contributed by atoms with E-state index in [0.717, 1.165) is 36.3 Å². The van der Waals surface area contributed by atoms with Crippen molar-refractivity contribution >= 4 is 28.7 Å². The standard InChI is InChI=1S/C22H23N3O2/c1-15-7-6-12-24(14-15)21(26)19-13-16-8-2-4-10-18(16)25(19)22-23-17-9-3-5-11-20(17)27-22/h2-5,8-11,15,19H,6-7,12-14H2,1H3/t15-,19?/m0/s1. The summed E-state index contributed by atoms with van der Waals surface area (Å²) in [6.45, 7) is 3.91. The number of piperidine rings is 1. The molecule has 0 saturated carbocycles. The highest BCUT2D eigenvalue weighted by molar-refractivity contribution is 5.91. The molecule has 3 heterocycles. The maximum atomic E-state index is 13.4. The molecule has 0 aliphatic carbocycles. The van der Waals surface area contributed by atoms with Crippen LogP contribution in [0.5, 0.6) is 0 Å². The molecule has 0 N–H and O–H groups in total. The summed E-state index contributed by atoms with van der Waals surface area (Å²) in [7, 11) is 0. The predicted octanol–water partition coefficient (Wildman–Crippen LogP) is 4.15. The van der Waals surface area contributed by atoms with E-state index in [1.807, 2.05) is 46.2 Å². The normalized spacial score (nSPS) is 22.3. The van der Waals surface area contributed by atoms with Crippen LogP contribution in [0.25, 0.3) is 11.1 Å². The minimum absolute atomic E-state index is 0.181. The molecule has 5 heteroatoms. The van der Waals surface area contributed by atoms with E-state index in [-0.39, 0.29) is 11.9 Å². The highest BCUT2D eigenvalue weighted by Crippen LogP contribution is 2.39. The van der Waals surface area contributed by atoms with Gasteiger partial charge in [0.2, 0.25) is 5.91 Å². The fraction of sp³-hybridized carbons (Fsp3) is 0.364. The number of hydrogen-bond donors (Lipinski definition) is 0. The predicted molar refractivity (Wildman–Crippen MR) is 105 cm³/mol. The van der Waals surface area contributed by atoms with Gasteiger partial charge < -0.3 is 9.32 Å². The number of carbonyl (C=O) groups is 1. The monoisotopic (exact) mass is 361 g/mol. The Morgan fingerprint density at radius 1 is 1.15 bits per heavy atom. The lowest BCUT2D eigenvalue weighted by Crippen LogP contribution is -2.49. The van der Waals surface area contributed by atoms with Crippen molar-refractivity contribution in [3.05, 3.63) is 54.1 Å². The van der Waals surface area contributed by atoms with Gasteiger partial charge in [-0.3, -0.25) is 9.69 Å². The number of aromatic nitrogens is 1. The summed E-state index contributed by atoms with van der Waals surface area (Å²) in [5.74, 6) is 0.740. The van der Waals surface area contributed by atoms with Gasteiger partial charge in [-0.2, -0.15) is 4.98 Å². The third-order valence-corrected chi connectivity index (χ3v) is 5.72. The fourth-order valence-corrected chi connectivity index (χ4v) is 4.38. The molecule has 2 atom stereocenters. The average Bonchev–Trinajstić information content (AvgIpc) is 3.28. The van der Waals surface area contributed by atoms with Crippen molar-refractivity contribution < 1.29 is 9.21 Å². The topological polar surface area (TPSA) is 49.6 Å². The van der Waals surface area contributed by atoms with Gasteiger partial charge in [-0.05, 0) is 42.5 Å². The number of likely N-dealkylation sites (tertiary alicyclic amines) is 1. The van der Waals surface area contributed by atoms with Gasteiger partial charge in [0.25, 0.3) is 0 Å². The second-order valence-corrected chi connectivity index (χ2v) is 7.71. The van der Waals surface area contributed by atoms with Crippen LogP contribution in [0.1, 0.15) is 25.3 Å². The van der Waals surface area contributed by atoms with Crippen molar-refractivity contribution in [2.75, 3.05) is 18.0 Å². The first-order valence-corrected chi connectivity index (χ1v) is 9.72. The molecule has 1 unspecified atom stereocenters. The van der Waals surface area contributed by atoms with Gasteiger partial charge in [-0.25, -0.2) is 0 Å². The second-order valence-electron chi connectivity index (χ2n) is 7.71. The van der Waals surface area contributed by atoms with Crippen LogP contribution >= 0.6 is 0 Å². The zero-order valence-corrected chi connectivity index (χ0v) is 15.5. The van der Waals surface area contributed by atoms with E-state index in [4.69, 9.17) is 4.42 Å². The molecule has 0 radical (unpaired) electrons. The lowest BCUT2D eigenvalue weighted by Gasteiger charge is -2.34. The average molecular weight is 361 g/mol. The SMILES string of the molecule is C[C@H]1CCCN(C(=O)C2Cc3ccccc3N2c2nc3ccccc3o2)C1. The quantitative estimate of drug-likeness (QED) is 0.688. The summed E-state index contributed by atoms with van der Waals surface area (Å²) in [6.07, 6.45) is 2.97. The van der Waals surface area contributed by atoms with E-state index < -0.39 is 0 Å². The van der Waals surface area contributed by atoms with Gasteiger partial charge in [0.05, 0.1) is 0 Å². The number of oxazole rings is 1. The van der Waals surface area contributed by atoms with Crippen molar-refractivity contribution in [3.63, 3.8) is 0 Å². The van der Waals surface area contributed by atoms with Crippen LogP contribution in [0, 0.1) is 5.92 Å². The lowest BCUT2D eigenvalue weighted by molar-refractivity contribution is -0.134. The molecule has 138 valence electrons. The Balaban J connectivity index is 1.55. The maximum absolute atomic E-state index is 13.4. The van der Waals surface area contributed by atoms with E-state index >= 15 is 0 Å². The zero-order valence-electron chi connectivity index (χ0n) is 15.5. The number of benzene rings is 2. The summed E-state index contributed by atoms with van der Waals surface area (Å²) in [6, 6.07) is 16.1. The smallest absolute Gasteiger partial charge is 0.303 e. The molecular formula is C22H23N3O2. The van der Waals surface area contributed by atoms with Crippen molar-refractivity contribution in [1.82, 2.24) is 9.88 Å². The Labute approximate surface area is 158 Å². The minimum Gasteiger partial charge on any atom is -0.423 e. The number of hydrogen-bond acceptors (Lipinski definition) is 4. The number of para-hydroxylation sites is 3. The van der Waals surface area contributed by atoms with E-state index in [1.165, 1.54) is 12.0 Å². The minimum atomic E-state index is -0.291. The number of nitrogens with zero attached hydrogens (tertiary/aromatic N) is 3. The molecule has 27 heavy (non-hydrogen) atoms. The van der Waals surface area contributed by atoms with Crippen LogP contribution in [0.2, 0.25) is 0 Å². The van der Waals surface area contributed by atoms with Gasteiger partial charge in [0.1, 0.15) is 11.6 Å². The first kappa shape index (κ1) is 16.4. The summed E-state index contributed by atoms with van der Waals surface area (Å²) in [5, 5.41) is 0. The molecule has 3 aromatic rings. The molecule has 2 aliphatic heterocycles. The van der Waals surface area contributed by atoms with Crippen molar-refractivity contribution in [2.24, 2.45) is 5.92 Å². The van der Waals surface area contributed by atoms with E-state index in [0.29, 0.717) is 18.4 Å². The Morgan fingerprint density at radius 2 is 1.96 bits per heavy atom. The highest BCUT2D eigenvalue weighted by atomic mass is 16.4. The second kappa shape index (κ2) is 6.41. The number of carbonyl (C=O) groups excluding carboxylic acids is 1. The van der Waals surface area contributed by atoms with E-state index in [1.54, 1.807) is 0 Å². The van der Waals surface area contributed by atoms with Gasteiger partial charge in [0.15, 0.2) is 5.58 Å². The molecule has 2 aromatic carbocycles. The summed E-state index contributed by atoms with van der Waals surface area (Å²) < 4.78 is 6.04. The molecule has 1 amide bonds. The molecule has 5 nitrogen and oxygen atoms in total. The number of fused-ring (bicyclic) bond motifs is 2. The Bertz CT molecular complexity index is 963. The third kappa shape index (κ3) is 2.78. The maximum Gasteiger partial charge on any atom is 0.303 e. The fourth-order valence-electron chi connectivity index (χ4n) is 4.38. The van der Waals surface area contributed by atoms with Gasteiger partial charge in [-0.15, -0.1) is 0 Å². The zero-order chi connectivity index (χ0) is 18.4. The first-order chi connectivity index (χ1) is 13.2. The van der Waals surface area contributed by atoms with Crippen LogP contribution in [0.15, 0.2) is 52.9 Å². The Kier molecular flexibility index (Phi) is 3.88. The third-order valence-electron chi connectivity index (χ3n) is 5.72. The van der Waals surface area contributed by atoms with Crippen LogP contribution < -0.4 is 4.90 Å². The van der Waals surface area contributed by atoms with Crippen LogP contribution in [0.3, 0.4) is 0 Å². The molecule has 5 rings (SSSR count). The van der Waals surface area contributed by atoms with Crippen molar-refractivity contribution in [1.29, 1.82) is 0 Å². The van der Waals surface area contributed by atoms with Gasteiger partial charge >= 0.3 is 6.01 Å². The van der Waals surface area contributed by atoms with Crippen molar-refractivity contribution in [2.45, 2.75) is 32.2 Å². The summed E-state index contributed by atoms with van der Waals surface area (Å²) in [4.78, 5) is 22.1.